The number of esters is 1. The van der Waals surface area contributed by atoms with E-state index in [2.05, 4.69) is 0 Å². The van der Waals surface area contributed by atoms with Crippen LogP contribution in [-0.2, 0) is 9.59 Å². The second-order valence-electron chi connectivity index (χ2n) is 3.77. The number of carbonyl (C=O) groups excluding carboxylic acids is 2. The lowest BCUT2D eigenvalue weighted by Crippen LogP contribution is -2.12. The lowest BCUT2D eigenvalue weighted by Gasteiger charge is -2.09. The highest BCUT2D eigenvalue weighted by molar-refractivity contribution is 6.00. The van der Waals surface area contributed by atoms with Crippen LogP contribution < -0.4 is 15.2 Å². The van der Waals surface area contributed by atoms with Crippen molar-refractivity contribution in [3.63, 3.8) is 0 Å². The maximum Gasteiger partial charge on any atom is 0.311 e. The number of nitrogens with two attached hydrogens (primary N) is 1. The van der Waals surface area contributed by atoms with Gasteiger partial charge in [-0.05, 0) is 23.8 Å². The number of methoxy groups -OCH3 is 1. The molecule has 6 nitrogen and oxygen atoms in total. The van der Waals surface area contributed by atoms with Crippen molar-refractivity contribution < 1.29 is 19.1 Å². The third-order valence-corrected chi connectivity index (χ3v) is 2.40. The van der Waals surface area contributed by atoms with Gasteiger partial charge in [0.2, 0.25) is 0 Å². The molecule has 2 N–H and O–H groups in total. The molecule has 104 valence electrons. The zero-order valence-electron chi connectivity index (χ0n) is 11.2. The van der Waals surface area contributed by atoms with E-state index in [1.54, 1.807) is 25.1 Å². The predicted octanol–water partition coefficient (Wildman–Crippen LogP) is 1.40. The Labute approximate surface area is 116 Å². The first kappa shape index (κ1) is 15.2. The number of nitrogens with zero attached hydrogens (tertiary/aromatic N) is 1. The van der Waals surface area contributed by atoms with Gasteiger partial charge in [0.05, 0.1) is 7.11 Å². The fourth-order valence-electron chi connectivity index (χ4n) is 1.38. The molecule has 0 aliphatic carbocycles. The molecule has 0 heterocycles. The second kappa shape index (κ2) is 6.95. The van der Waals surface area contributed by atoms with Crippen LogP contribution >= 0.6 is 0 Å². The largest absolute Gasteiger partial charge is 0.493 e. The van der Waals surface area contributed by atoms with Gasteiger partial charge in [-0.1, -0.05) is 13.0 Å². The van der Waals surface area contributed by atoms with Crippen LogP contribution in [0, 0.1) is 11.3 Å². The summed E-state index contributed by atoms with van der Waals surface area (Å²) in [5.41, 5.74) is 5.41. The summed E-state index contributed by atoms with van der Waals surface area (Å²) in [4.78, 5) is 22.2. The third-order valence-electron chi connectivity index (χ3n) is 2.40. The van der Waals surface area contributed by atoms with Crippen LogP contribution in [0.3, 0.4) is 0 Å². The number of nitriles is 1. The van der Waals surface area contributed by atoms with Crippen LogP contribution in [-0.4, -0.2) is 19.0 Å². The van der Waals surface area contributed by atoms with Crippen molar-refractivity contribution in [2.45, 2.75) is 13.3 Å². The molecule has 0 fully saturated rings. The van der Waals surface area contributed by atoms with E-state index in [0.29, 0.717) is 11.3 Å². The van der Waals surface area contributed by atoms with E-state index >= 15 is 0 Å². The van der Waals surface area contributed by atoms with Gasteiger partial charge in [0.25, 0.3) is 5.91 Å². The summed E-state index contributed by atoms with van der Waals surface area (Å²) in [7, 11) is 1.42. The van der Waals surface area contributed by atoms with E-state index in [9.17, 15) is 9.59 Å². The van der Waals surface area contributed by atoms with E-state index in [1.165, 1.54) is 19.3 Å². The molecule has 0 radical (unpaired) electrons. The lowest BCUT2D eigenvalue weighted by atomic mass is 10.1. The van der Waals surface area contributed by atoms with Gasteiger partial charge in [-0.25, -0.2) is 0 Å². The average molecular weight is 274 g/mol. The first-order chi connectivity index (χ1) is 9.51. The number of primary amides is 1. The van der Waals surface area contributed by atoms with Crippen molar-refractivity contribution in [2.75, 3.05) is 7.11 Å². The van der Waals surface area contributed by atoms with Gasteiger partial charge >= 0.3 is 5.97 Å². The number of rotatable bonds is 5. The molecule has 0 spiro atoms. The topological polar surface area (TPSA) is 102 Å². The summed E-state index contributed by atoms with van der Waals surface area (Å²) in [6.07, 6.45) is 1.57. The Hall–Kier alpha value is -2.81. The molecule has 0 aromatic heterocycles. The summed E-state index contributed by atoms with van der Waals surface area (Å²) in [6.45, 7) is 1.68. The molecule has 0 atom stereocenters. The van der Waals surface area contributed by atoms with Gasteiger partial charge in [-0.15, -0.1) is 0 Å². The maximum absolute atomic E-state index is 11.3. The quantitative estimate of drug-likeness (QED) is 0.378. The normalized spacial score (nSPS) is 10.6. The number of benzene rings is 1. The van der Waals surface area contributed by atoms with Crippen LogP contribution in [0.4, 0.5) is 0 Å². The van der Waals surface area contributed by atoms with Gasteiger partial charge in [0.15, 0.2) is 11.5 Å². The Bertz CT molecular complexity index is 600. The van der Waals surface area contributed by atoms with E-state index in [1.807, 2.05) is 0 Å². The average Bonchev–Trinajstić information content (AvgIpc) is 2.45. The van der Waals surface area contributed by atoms with Crippen LogP contribution in [0.25, 0.3) is 6.08 Å². The summed E-state index contributed by atoms with van der Waals surface area (Å²) >= 11 is 0. The lowest BCUT2D eigenvalue weighted by molar-refractivity contribution is -0.134. The Morgan fingerprint density at radius 2 is 2.10 bits per heavy atom. The molecule has 1 aromatic rings. The molecular weight excluding hydrogens is 260 g/mol. The predicted molar refractivity (Wildman–Crippen MR) is 71.7 cm³/mol. The van der Waals surface area contributed by atoms with Crippen LogP contribution in [0.1, 0.15) is 18.9 Å². The molecule has 20 heavy (non-hydrogen) atoms. The third kappa shape index (κ3) is 3.85. The number of hydrogen-bond donors (Lipinski definition) is 1. The molecule has 6 heteroatoms. The smallest absolute Gasteiger partial charge is 0.311 e. The first-order valence-corrected chi connectivity index (χ1v) is 5.82. The van der Waals surface area contributed by atoms with Crippen LogP contribution in [0.15, 0.2) is 23.8 Å². The monoisotopic (exact) mass is 274 g/mol. The van der Waals surface area contributed by atoms with E-state index in [-0.39, 0.29) is 23.7 Å². The fraction of sp³-hybridized carbons (Fsp3) is 0.214. The van der Waals surface area contributed by atoms with Gasteiger partial charge in [-0.3, -0.25) is 9.59 Å². The fourth-order valence-corrected chi connectivity index (χ4v) is 1.38. The Morgan fingerprint density at radius 3 is 2.60 bits per heavy atom. The van der Waals surface area contributed by atoms with Gasteiger partial charge < -0.3 is 15.2 Å². The number of ether oxygens (including phenoxy) is 2. The van der Waals surface area contributed by atoms with Gasteiger partial charge in [0, 0.05) is 6.42 Å². The summed E-state index contributed by atoms with van der Waals surface area (Å²) in [5.74, 6) is -0.606. The Balaban J connectivity index is 3.13. The minimum atomic E-state index is -0.812. The molecule has 1 rings (SSSR count). The summed E-state index contributed by atoms with van der Waals surface area (Å²) < 4.78 is 10.2. The van der Waals surface area contributed by atoms with Crippen LogP contribution in [0.5, 0.6) is 11.5 Å². The molecule has 0 unspecified atom stereocenters. The molecule has 0 aliphatic heterocycles. The van der Waals surface area contributed by atoms with Crippen molar-refractivity contribution >= 4 is 18.0 Å². The first-order valence-electron chi connectivity index (χ1n) is 5.82. The van der Waals surface area contributed by atoms with Crippen molar-refractivity contribution in [3.05, 3.63) is 29.3 Å². The molecular formula is C14H14N2O4. The number of carbonyl (C=O) groups is 2. The van der Waals surface area contributed by atoms with Gasteiger partial charge in [-0.2, -0.15) is 5.26 Å². The van der Waals surface area contributed by atoms with Gasteiger partial charge in [0.1, 0.15) is 11.6 Å². The van der Waals surface area contributed by atoms with E-state index in [0.717, 1.165) is 0 Å². The van der Waals surface area contributed by atoms with Crippen molar-refractivity contribution in [1.29, 1.82) is 5.26 Å². The Morgan fingerprint density at radius 1 is 1.40 bits per heavy atom. The minimum absolute atomic E-state index is 0.176. The number of amides is 1. The zero-order chi connectivity index (χ0) is 15.1. The standard InChI is InChI=1S/C14H14N2O4/c1-3-13(17)20-11-5-4-9(7-12(11)19-2)6-10(8-15)14(16)18/h4-7H,3H2,1-2H3,(H2,16,18)/b10-6+. The van der Waals surface area contributed by atoms with E-state index < -0.39 is 5.91 Å². The molecule has 0 aliphatic rings. The highest BCUT2D eigenvalue weighted by Crippen LogP contribution is 2.29. The highest BCUT2D eigenvalue weighted by Gasteiger charge is 2.10. The molecule has 1 amide bonds. The van der Waals surface area contributed by atoms with Crippen molar-refractivity contribution in [1.82, 2.24) is 0 Å². The number of hydrogen-bond acceptors (Lipinski definition) is 5. The minimum Gasteiger partial charge on any atom is -0.493 e. The second-order valence-corrected chi connectivity index (χ2v) is 3.77. The van der Waals surface area contributed by atoms with Crippen molar-refractivity contribution in [2.24, 2.45) is 5.73 Å². The zero-order valence-corrected chi connectivity index (χ0v) is 11.2. The summed E-state index contributed by atoms with van der Waals surface area (Å²) in [6, 6.07) is 6.35. The van der Waals surface area contributed by atoms with Crippen LogP contribution in [0.2, 0.25) is 0 Å². The molecule has 0 bridgehead atoms. The molecule has 0 saturated carbocycles. The molecule has 0 saturated heterocycles. The van der Waals surface area contributed by atoms with E-state index in [4.69, 9.17) is 20.5 Å². The SMILES string of the molecule is CCC(=O)Oc1ccc(/C=C(\C#N)C(N)=O)cc1OC. The maximum atomic E-state index is 11.3. The molecule has 1 aromatic carbocycles. The Kier molecular flexibility index (Phi) is 5.30. The highest BCUT2D eigenvalue weighted by atomic mass is 16.6. The van der Waals surface area contributed by atoms with Crippen molar-refractivity contribution in [3.8, 4) is 17.6 Å². The summed E-state index contributed by atoms with van der Waals surface area (Å²) in [5, 5.41) is 8.77.